The number of nitriles is 1. The highest BCUT2D eigenvalue weighted by molar-refractivity contribution is 6.34. The van der Waals surface area contributed by atoms with Crippen LogP contribution >= 0.6 is 11.6 Å². The highest BCUT2D eigenvalue weighted by Crippen LogP contribution is 2.27. The Kier molecular flexibility index (Phi) is 9.96. The highest BCUT2D eigenvalue weighted by atomic mass is 35.5. The maximum atomic E-state index is 13.3. The Labute approximate surface area is 245 Å². The molecule has 4 rings (SSSR count). The van der Waals surface area contributed by atoms with E-state index in [0.29, 0.717) is 34.9 Å². The molecule has 0 saturated heterocycles. The number of aryl methyl sites for hydroxylation is 1. The Morgan fingerprint density at radius 3 is 2.41 bits per heavy atom. The Morgan fingerprint density at radius 1 is 1.00 bits per heavy atom. The maximum Gasteiger partial charge on any atom is 0.253 e. The average molecular weight is 569 g/mol. The summed E-state index contributed by atoms with van der Waals surface area (Å²) < 4.78 is 6.08. The van der Waals surface area contributed by atoms with Crippen LogP contribution in [0.2, 0.25) is 5.02 Å². The Balaban J connectivity index is 1.45. The molecule has 8 heteroatoms. The number of rotatable bonds is 11. The van der Waals surface area contributed by atoms with E-state index in [0.717, 1.165) is 11.3 Å². The van der Waals surface area contributed by atoms with Crippen molar-refractivity contribution in [2.45, 2.75) is 45.3 Å². The van der Waals surface area contributed by atoms with Crippen LogP contribution in [-0.2, 0) is 17.8 Å². The van der Waals surface area contributed by atoms with Crippen LogP contribution in [0, 0.1) is 18.3 Å². The molecule has 2 atom stereocenters. The quantitative estimate of drug-likeness (QED) is 0.202. The molecule has 3 N–H and O–H groups in total. The number of furan rings is 1. The maximum absolute atomic E-state index is 13.3. The largest absolute Gasteiger partial charge is 0.460 e. The van der Waals surface area contributed by atoms with Gasteiger partial charge in [0.1, 0.15) is 11.5 Å². The molecule has 4 aromatic rings. The third-order valence-corrected chi connectivity index (χ3v) is 7.26. The molecule has 0 bridgehead atoms. The van der Waals surface area contributed by atoms with E-state index in [4.69, 9.17) is 21.3 Å². The molecule has 3 aromatic carbocycles. The zero-order valence-electron chi connectivity index (χ0n) is 23.3. The lowest BCUT2D eigenvalue weighted by atomic mass is 10.0. The van der Waals surface area contributed by atoms with Gasteiger partial charge in [-0.05, 0) is 73.9 Å². The molecule has 210 valence electrons. The van der Waals surface area contributed by atoms with Gasteiger partial charge in [-0.15, -0.1) is 0 Å². The third kappa shape index (κ3) is 8.07. The summed E-state index contributed by atoms with van der Waals surface area (Å²) in [5.74, 6) is 0.806. The lowest BCUT2D eigenvalue weighted by Crippen LogP contribution is -2.40. The number of nitrogens with one attached hydrogen (secondary N) is 3. The summed E-state index contributed by atoms with van der Waals surface area (Å²) in [4.78, 5) is 25.5. The second kappa shape index (κ2) is 13.8. The molecule has 0 radical (unpaired) electrons. The zero-order valence-corrected chi connectivity index (χ0v) is 24.1. The summed E-state index contributed by atoms with van der Waals surface area (Å²) in [5.41, 5.74) is 4.86. The number of nitrogens with zero attached hydrogens (tertiary/aromatic N) is 1. The van der Waals surface area contributed by atoms with Gasteiger partial charge in [-0.25, -0.2) is 0 Å². The molecule has 0 aliphatic heterocycles. The van der Waals surface area contributed by atoms with Crippen LogP contribution in [0.4, 0.5) is 0 Å². The number of halogens is 1. The summed E-state index contributed by atoms with van der Waals surface area (Å²) in [6.45, 7) is 4.72. The number of carbonyl (C=O) groups excluding carboxylic acids is 2. The fourth-order valence-corrected chi connectivity index (χ4v) is 4.67. The minimum absolute atomic E-state index is 0.0924. The van der Waals surface area contributed by atoms with Gasteiger partial charge < -0.3 is 20.4 Å². The molecule has 1 heterocycles. The van der Waals surface area contributed by atoms with Crippen molar-refractivity contribution >= 4 is 23.4 Å². The first-order valence-corrected chi connectivity index (χ1v) is 13.8. The van der Waals surface area contributed by atoms with Crippen LogP contribution in [0.1, 0.15) is 57.8 Å². The topological polar surface area (TPSA) is 107 Å². The minimum Gasteiger partial charge on any atom is -0.460 e. The number of hydrogen-bond acceptors (Lipinski definition) is 5. The van der Waals surface area contributed by atoms with Crippen LogP contribution in [0.5, 0.6) is 0 Å². The fourth-order valence-electron chi connectivity index (χ4n) is 4.47. The molecule has 0 aliphatic carbocycles. The summed E-state index contributed by atoms with van der Waals surface area (Å²) >= 11 is 6.43. The summed E-state index contributed by atoms with van der Waals surface area (Å²) in [5, 5.41) is 18.4. The van der Waals surface area contributed by atoms with Crippen molar-refractivity contribution in [3.05, 3.63) is 117 Å². The van der Waals surface area contributed by atoms with Crippen molar-refractivity contribution in [2.24, 2.45) is 0 Å². The normalized spacial score (nSPS) is 12.3. The van der Waals surface area contributed by atoms with Gasteiger partial charge >= 0.3 is 0 Å². The Hall–Kier alpha value is -4.38. The SMILES string of the molecule is CNC(=O)C[C@H](Cc1ccc(C#N)cc1)NC(=O)c1cc(-c2ccc(CN[C@H](C)c3ccc(C)cc3)o2)ccc1Cl. The van der Waals surface area contributed by atoms with Crippen molar-refractivity contribution in [2.75, 3.05) is 7.05 Å². The van der Waals surface area contributed by atoms with E-state index in [1.54, 1.807) is 31.3 Å². The monoisotopic (exact) mass is 568 g/mol. The molecule has 7 nitrogen and oxygen atoms in total. The number of carbonyl (C=O) groups is 2. The molecule has 0 aliphatic rings. The molecule has 0 fully saturated rings. The minimum atomic E-state index is -0.480. The van der Waals surface area contributed by atoms with Crippen LogP contribution in [0.15, 0.2) is 83.3 Å². The van der Waals surface area contributed by atoms with Gasteiger partial charge in [0.15, 0.2) is 0 Å². The van der Waals surface area contributed by atoms with E-state index >= 15 is 0 Å². The molecule has 2 amide bonds. The number of benzene rings is 3. The number of hydrogen-bond donors (Lipinski definition) is 3. The van der Waals surface area contributed by atoms with Gasteiger partial charge in [-0.1, -0.05) is 53.6 Å². The molecular weight excluding hydrogens is 536 g/mol. The predicted octanol–water partition coefficient (Wildman–Crippen LogP) is 6.11. The molecule has 1 aromatic heterocycles. The Bertz CT molecular complexity index is 1540. The Morgan fingerprint density at radius 2 is 1.73 bits per heavy atom. The van der Waals surface area contributed by atoms with E-state index in [1.165, 1.54) is 11.1 Å². The lowest BCUT2D eigenvalue weighted by molar-refractivity contribution is -0.121. The van der Waals surface area contributed by atoms with E-state index in [1.807, 2.05) is 30.3 Å². The van der Waals surface area contributed by atoms with Gasteiger partial charge in [0.05, 0.1) is 28.8 Å². The van der Waals surface area contributed by atoms with Crippen molar-refractivity contribution < 1.29 is 14.0 Å². The van der Waals surface area contributed by atoms with Crippen LogP contribution in [-0.4, -0.2) is 24.9 Å². The fraction of sp³-hybridized carbons (Fsp3) is 0.242. The van der Waals surface area contributed by atoms with Crippen molar-refractivity contribution in [3.8, 4) is 17.4 Å². The summed E-state index contributed by atoms with van der Waals surface area (Å²) in [7, 11) is 1.56. The highest BCUT2D eigenvalue weighted by Gasteiger charge is 2.20. The van der Waals surface area contributed by atoms with Crippen LogP contribution in [0.25, 0.3) is 11.3 Å². The van der Waals surface area contributed by atoms with Gasteiger partial charge in [-0.3, -0.25) is 9.59 Å². The van der Waals surface area contributed by atoms with Gasteiger partial charge in [0.25, 0.3) is 5.91 Å². The molecule has 0 saturated carbocycles. The second-order valence-corrected chi connectivity index (χ2v) is 10.4. The van der Waals surface area contributed by atoms with E-state index in [2.05, 4.69) is 60.1 Å². The zero-order chi connectivity index (χ0) is 29.4. The van der Waals surface area contributed by atoms with Gasteiger partial charge in [0, 0.05) is 31.1 Å². The summed E-state index contributed by atoms with van der Waals surface area (Å²) in [6, 6.07) is 26.2. The summed E-state index contributed by atoms with van der Waals surface area (Å²) in [6.07, 6.45) is 0.507. The lowest BCUT2D eigenvalue weighted by Gasteiger charge is -2.19. The molecule has 41 heavy (non-hydrogen) atoms. The average Bonchev–Trinajstić information content (AvgIpc) is 3.46. The van der Waals surface area contributed by atoms with Gasteiger partial charge in [-0.2, -0.15) is 5.26 Å². The van der Waals surface area contributed by atoms with Crippen LogP contribution in [0.3, 0.4) is 0 Å². The van der Waals surface area contributed by atoms with Crippen molar-refractivity contribution in [1.82, 2.24) is 16.0 Å². The second-order valence-electron chi connectivity index (χ2n) is 10.0. The molecule has 0 spiro atoms. The third-order valence-electron chi connectivity index (χ3n) is 6.93. The number of amides is 2. The van der Waals surface area contributed by atoms with E-state index < -0.39 is 6.04 Å². The first-order chi connectivity index (χ1) is 19.7. The standard InChI is InChI=1S/C33H33ClN4O3/c1-21-4-10-25(11-5-21)22(2)37-20-28-13-15-31(41-28)26-12-14-30(34)29(17-26)33(40)38-27(18-32(39)36-3)16-23-6-8-24(19-35)9-7-23/h4-15,17,22,27,37H,16,18,20H2,1-3H3,(H,36,39)(H,38,40)/t22-,27+/m1/s1. The first kappa shape index (κ1) is 29.6. The van der Waals surface area contributed by atoms with Gasteiger partial charge in [0.2, 0.25) is 5.91 Å². The van der Waals surface area contributed by atoms with Crippen molar-refractivity contribution in [1.29, 1.82) is 5.26 Å². The predicted molar refractivity (Wildman–Crippen MR) is 160 cm³/mol. The van der Waals surface area contributed by atoms with E-state index in [-0.39, 0.29) is 29.8 Å². The first-order valence-electron chi connectivity index (χ1n) is 13.4. The smallest absolute Gasteiger partial charge is 0.253 e. The molecular formula is C33H33ClN4O3. The van der Waals surface area contributed by atoms with E-state index in [9.17, 15) is 9.59 Å². The van der Waals surface area contributed by atoms with Crippen LogP contribution < -0.4 is 16.0 Å². The molecule has 0 unspecified atom stereocenters. The van der Waals surface area contributed by atoms with Crippen molar-refractivity contribution in [3.63, 3.8) is 0 Å².